The van der Waals surface area contributed by atoms with Crippen LogP contribution in [-0.2, 0) is 0 Å². The number of nitrogens with one attached hydrogen (secondary N) is 1. The van der Waals surface area contributed by atoms with E-state index in [0.717, 1.165) is 30.6 Å². The number of nitrogens with zero attached hydrogens (tertiary/aromatic N) is 3. The molecule has 1 aliphatic rings. The Labute approximate surface area is 101 Å². The van der Waals surface area contributed by atoms with Crippen molar-refractivity contribution in [2.75, 3.05) is 24.5 Å². The lowest BCUT2D eigenvalue weighted by molar-refractivity contribution is 0.380. The van der Waals surface area contributed by atoms with Crippen LogP contribution in [0.2, 0.25) is 0 Å². The first kappa shape index (κ1) is 11.8. The molecule has 0 aliphatic carbocycles. The summed E-state index contributed by atoms with van der Waals surface area (Å²) in [6.45, 7) is 11.8. The molecule has 1 aromatic heterocycles. The van der Waals surface area contributed by atoms with E-state index in [-0.39, 0.29) is 5.54 Å². The van der Waals surface area contributed by atoms with Gasteiger partial charge in [-0.1, -0.05) is 13.8 Å². The first-order valence-electron chi connectivity index (χ1n) is 5.82. The first-order valence-corrected chi connectivity index (χ1v) is 6.60. The van der Waals surface area contributed by atoms with Crippen LogP contribution in [0.5, 0.6) is 0 Å². The summed E-state index contributed by atoms with van der Waals surface area (Å²) in [5, 5.41) is 4.48. The van der Waals surface area contributed by atoms with E-state index in [0.29, 0.717) is 5.92 Å². The maximum atomic E-state index is 4.63. The topological polar surface area (TPSA) is 41.1 Å². The van der Waals surface area contributed by atoms with E-state index in [9.17, 15) is 0 Å². The fraction of sp³-hybridized carbons (Fsp3) is 0.818. The Morgan fingerprint density at radius 1 is 1.44 bits per heavy atom. The van der Waals surface area contributed by atoms with Gasteiger partial charge in [0.15, 0.2) is 0 Å². The standard InChI is InChI=1S/C11H20N4S/c1-8(2)9-13-10(16-14-9)15-6-5-12-7-11(15,3)4/h8,12H,5-7H2,1-4H3. The molecule has 1 aromatic rings. The summed E-state index contributed by atoms with van der Waals surface area (Å²) in [6, 6.07) is 0. The fourth-order valence-electron chi connectivity index (χ4n) is 1.91. The Kier molecular flexibility index (Phi) is 3.17. The van der Waals surface area contributed by atoms with E-state index in [2.05, 4.69) is 47.3 Å². The second kappa shape index (κ2) is 4.30. The van der Waals surface area contributed by atoms with Gasteiger partial charge in [0, 0.05) is 42.6 Å². The molecule has 1 aliphatic heterocycles. The Bertz CT molecular complexity index is 359. The van der Waals surface area contributed by atoms with E-state index in [1.54, 1.807) is 0 Å². The summed E-state index contributed by atoms with van der Waals surface area (Å²) >= 11 is 1.52. The molecule has 0 bridgehead atoms. The third kappa shape index (κ3) is 2.20. The van der Waals surface area contributed by atoms with Gasteiger partial charge in [0.05, 0.1) is 0 Å². The van der Waals surface area contributed by atoms with Crippen molar-refractivity contribution in [2.24, 2.45) is 0 Å². The van der Waals surface area contributed by atoms with Gasteiger partial charge in [-0.3, -0.25) is 0 Å². The molecule has 0 unspecified atom stereocenters. The van der Waals surface area contributed by atoms with Crippen LogP contribution in [0.3, 0.4) is 0 Å². The molecule has 1 N–H and O–H groups in total. The van der Waals surface area contributed by atoms with Gasteiger partial charge in [0.25, 0.3) is 0 Å². The first-order chi connectivity index (χ1) is 7.50. The Hall–Kier alpha value is -0.680. The predicted octanol–water partition coefficient (Wildman–Crippen LogP) is 1.85. The SMILES string of the molecule is CC(C)c1nsc(N2CCNCC2(C)C)n1. The largest absolute Gasteiger partial charge is 0.339 e. The molecule has 0 radical (unpaired) electrons. The summed E-state index contributed by atoms with van der Waals surface area (Å²) in [5.74, 6) is 1.38. The highest BCUT2D eigenvalue weighted by Crippen LogP contribution is 2.28. The molecule has 90 valence electrons. The average molecular weight is 240 g/mol. The lowest BCUT2D eigenvalue weighted by Gasteiger charge is -2.42. The predicted molar refractivity (Wildman–Crippen MR) is 68.3 cm³/mol. The molecule has 0 saturated carbocycles. The summed E-state index contributed by atoms with van der Waals surface area (Å²) < 4.78 is 4.42. The highest BCUT2D eigenvalue weighted by Gasteiger charge is 2.31. The molecule has 2 rings (SSSR count). The minimum absolute atomic E-state index is 0.131. The molecule has 0 aromatic carbocycles. The number of anilines is 1. The number of aromatic nitrogens is 2. The van der Waals surface area contributed by atoms with Crippen LogP contribution in [-0.4, -0.2) is 34.5 Å². The molecular weight excluding hydrogens is 220 g/mol. The van der Waals surface area contributed by atoms with Gasteiger partial charge in [0.2, 0.25) is 5.13 Å². The molecule has 1 saturated heterocycles. The fourth-order valence-corrected chi connectivity index (χ4v) is 2.91. The smallest absolute Gasteiger partial charge is 0.205 e. The maximum Gasteiger partial charge on any atom is 0.205 e. The number of hydrogen-bond donors (Lipinski definition) is 1. The number of rotatable bonds is 2. The van der Waals surface area contributed by atoms with Crippen LogP contribution in [0.1, 0.15) is 39.4 Å². The van der Waals surface area contributed by atoms with Crippen molar-refractivity contribution >= 4 is 16.7 Å². The van der Waals surface area contributed by atoms with Crippen LogP contribution in [0.15, 0.2) is 0 Å². The van der Waals surface area contributed by atoms with Crippen LogP contribution >= 0.6 is 11.5 Å². The van der Waals surface area contributed by atoms with Gasteiger partial charge < -0.3 is 10.2 Å². The summed E-state index contributed by atoms with van der Waals surface area (Å²) in [7, 11) is 0. The Balaban J connectivity index is 2.21. The van der Waals surface area contributed by atoms with Crippen molar-refractivity contribution in [3.63, 3.8) is 0 Å². The normalized spacial score (nSPS) is 20.4. The van der Waals surface area contributed by atoms with E-state index in [1.165, 1.54) is 11.5 Å². The number of piperazine rings is 1. The van der Waals surface area contributed by atoms with E-state index in [4.69, 9.17) is 0 Å². The lowest BCUT2D eigenvalue weighted by atomic mass is 10.0. The molecule has 5 heteroatoms. The molecule has 1 fully saturated rings. The summed E-state index contributed by atoms with van der Waals surface area (Å²) in [6.07, 6.45) is 0. The van der Waals surface area contributed by atoms with Crippen molar-refractivity contribution in [1.82, 2.24) is 14.7 Å². The summed E-state index contributed by atoms with van der Waals surface area (Å²) in [4.78, 5) is 7.00. The summed E-state index contributed by atoms with van der Waals surface area (Å²) in [5.41, 5.74) is 0.131. The molecule has 0 atom stereocenters. The van der Waals surface area contributed by atoms with Crippen molar-refractivity contribution in [2.45, 2.75) is 39.2 Å². The van der Waals surface area contributed by atoms with Crippen molar-refractivity contribution in [1.29, 1.82) is 0 Å². The van der Waals surface area contributed by atoms with Gasteiger partial charge >= 0.3 is 0 Å². The maximum absolute atomic E-state index is 4.63. The molecule has 0 spiro atoms. The Morgan fingerprint density at radius 3 is 2.75 bits per heavy atom. The number of hydrogen-bond acceptors (Lipinski definition) is 5. The van der Waals surface area contributed by atoms with Crippen LogP contribution < -0.4 is 10.2 Å². The zero-order valence-electron chi connectivity index (χ0n) is 10.4. The molecule has 2 heterocycles. The molecule has 0 amide bonds. The Morgan fingerprint density at radius 2 is 2.19 bits per heavy atom. The lowest BCUT2D eigenvalue weighted by Crippen LogP contribution is -2.58. The van der Waals surface area contributed by atoms with Gasteiger partial charge in [-0.2, -0.15) is 4.37 Å². The van der Waals surface area contributed by atoms with Gasteiger partial charge in [0.1, 0.15) is 5.82 Å². The highest BCUT2D eigenvalue weighted by molar-refractivity contribution is 7.09. The van der Waals surface area contributed by atoms with Crippen LogP contribution in [0.25, 0.3) is 0 Å². The minimum Gasteiger partial charge on any atom is -0.339 e. The van der Waals surface area contributed by atoms with Gasteiger partial charge in [-0.05, 0) is 13.8 Å². The van der Waals surface area contributed by atoms with Crippen molar-refractivity contribution in [3.05, 3.63) is 5.82 Å². The van der Waals surface area contributed by atoms with E-state index >= 15 is 0 Å². The van der Waals surface area contributed by atoms with Gasteiger partial charge in [-0.25, -0.2) is 4.98 Å². The molecular formula is C11H20N4S. The minimum atomic E-state index is 0.131. The highest BCUT2D eigenvalue weighted by atomic mass is 32.1. The second-order valence-corrected chi connectivity index (χ2v) is 5.96. The zero-order chi connectivity index (χ0) is 11.8. The monoisotopic (exact) mass is 240 g/mol. The second-order valence-electron chi connectivity index (χ2n) is 5.23. The molecule has 4 nitrogen and oxygen atoms in total. The average Bonchev–Trinajstić information content (AvgIpc) is 2.65. The van der Waals surface area contributed by atoms with Crippen LogP contribution in [0, 0.1) is 0 Å². The quantitative estimate of drug-likeness (QED) is 0.856. The van der Waals surface area contributed by atoms with Crippen molar-refractivity contribution < 1.29 is 0 Å². The van der Waals surface area contributed by atoms with E-state index < -0.39 is 0 Å². The third-order valence-electron chi connectivity index (χ3n) is 2.98. The zero-order valence-corrected chi connectivity index (χ0v) is 11.3. The van der Waals surface area contributed by atoms with E-state index in [1.807, 2.05) is 0 Å². The van der Waals surface area contributed by atoms with Crippen molar-refractivity contribution in [3.8, 4) is 0 Å². The van der Waals surface area contributed by atoms with Gasteiger partial charge in [-0.15, -0.1) is 0 Å². The van der Waals surface area contributed by atoms with Crippen LogP contribution in [0.4, 0.5) is 5.13 Å². The third-order valence-corrected chi connectivity index (χ3v) is 3.73. The molecule has 16 heavy (non-hydrogen) atoms.